The fourth-order valence-corrected chi connectivity index (χ4v) is 1.43. The molecule has 0 saturated carbocycles. The van der Waals surface area contributed by atoms with Gasteiger partial charge in [0.2, 0.25) is 0 Å². The maximum atomic E-state index is 5.95. The van der Waals surface area contributed by atoms with E-state index in [1.54, 1.807) is 0 Å². The molecule has 0 fully saturated rings. The number of aromatic amines is 1. The number of nitrogens with one attached hydrogen (secondary N) is 1. The molecule has 15 heavy (non-hydrogen) atoms. The van der Waals surface area contributed by atoms with Crippen LogP contribution in [0, 0.1) is 0 Å². The average Bonchev–Trinajstić information content (AvgIpc) is 2.87. The number of hydrogen-bond donors (Lipinski definition) is 2. The van der Waals surface area contributed by atoms with Crippen LogP contribution in [0.4, 0.5) is 0 Å². The van der Waals surface area contributed by atoms with Crippen molar-refractivity contribution in [2.24, 2.45) is 5.73 Å². The molecule has 0 bridgehead atoms. The number of H-pyrrole nitrogens is 1. The third-order valence-electron chi connectivity index (χ3n) is 2.25. The van der Waals surface area contributed by atoms with Crippen LogP contribution in [0.5, 0.6) is 0 Å². The van der Waals surface area contributed by atoms with Gasteiger partial charge in [0.1, 0.15) is 12.2 Å². The molecular formula is C9H14N6. The summed E-state index contributed by atoms with van der Waals surface area (Å²) in [5, 5.41) is 10.7. The summed E-state index contributed by atoms with van der Waals surface area (Å²) in [7, 11) is 0. The fraction of sp³-hybridized carbons (Fsp3) is 0.444. The number of hydrogen-bond acceptors (Lipinski definition) is 4. The molecule has 3 N–H and O–H groups in total. The smallest absolute Gasteiger partial charge is 0.141 e. The molecule has 1 unspecified atom stereocenters. The highest BCUT2D eigenvalue weighted by atomic mass is 15.3. The van der Waals surface area contributed by atoms with Crippen molar-refractivity contribution in [3.63, 3.8) is 0 Å². The van der Waals surface area contributed by atoms with Crippen molar-refractivity contribution in [3.05, 3.63) is 30.1 Å². The molecule has 0 aliphatic carbocycles. The second kappa shape index (κ2) is 4.22. The van der Waals surface area contributed by atoms with E-state index < -0.39 is 0 Å². The van der Waals surface area contributed by atoms with Crippen molar-refractivity contribution >= 4 is 0 Å². The van der Waals surface area contributed by atoms with Gasteiger partial charge in [-0.2, -0.15) is 10.2 Å². The minimum atomic E-state index is -0.151. The van der Waals surface area contributed by atoms with Gasteiger partial charge in [-0.25, -0.2) is 4.98 Å². The first-order chi connectivity index (χ1) is 7.29. The summed E-state index contributed by atoms with van der Waals surface area (Å²) in [5.41, 5.74) is 7.06. The second-order valence-electron chi connectivity index (χ2n) is 3.39. The highest BCUT2D eigenvalue weighted by Gasteiger charge is 2.10. The predicted molar refractivity (Wildman–Crippen MR) is 54.9 cm³/mol. The van der Waals surface area contributed by atoms with Crippen molar-refractivity contribution in [2.75, 3.05) is 0 Å². The van der Waals surface area contributed by atoms with Crippen molar-refractivity contribution in [1.29, 1.82) is 0 Å². The maximum Gasteiger partial charge on any atom is 0.141 e. The van der Waals surface area contributed by atoms with Crippen LogP contribution in [0.3, 0.4) is 0 Å². The van der Waals surface area contributed by atoms with Gasteiger partial charge in [0.15, 0.2) is 0 Å². The molecule has 2 heterocycles. The Morgan fingerprint density at radius 2 is 2.47 bits per heavy atom. The number of rotatable bonds is 4. The topological polar surface area (TPSA) is 85.4 Å². The molecule has 0 amide bonds. The van der Waals surface area contributed by atoms with Gasteiger partial charge >= 0.3 is 0 Å². The molecule has 2 rings (SSSR count). The van der Waals surface area contributed by atoms with E-state index in [9.17, 15) is 0 Å². The van der Waals surface area contributed by atoms with E-state index >= 15 is 0 Å². The van der Waals surface area contributed by atoms with Gasteiger partial charge in [-0.1, -0.05) is 0 Å². The van der Waals surface area contributed by atoms with E-state index in [4.69, 9.17) is 5.73 Å². The quantitative estimate of drug-likeness (QED) is 0.751. The highest BCUT2D eigenvalue weighted by Crippen LogP contribution is 2.10. The largest absolute Gasteiger partial charge is 0.321 e. The molecule has 6 heteroatoms. The van der Waals surface area contributed by atoms with Gasteiger partial charge < -0.3 is 5.73 Å². The van der Waals surface area contributed by atoms with Crippen LogP contribution in [0.15, 0.2) is 18.7 Å². The molecule has 0 saturated heterocycles. The molecule has 0 aliphatic heterocycles. The van der Waals surface area contributed by atoms with Crippen LogP contribution < -0.4 is 5.73 Å². The number of nitrogens with two attached hydrogens (primary N) is 1. The maximum absolute atomic E-state index is 5.95. The van der Waals surface area contributed by atoms with Crippen molar-refractivity contribution in [1.82, 2.24) is 25.0 Å². The summed E-state index contributed by atoms with van der Waals surface area (Å²) < 4.78 is 1.88. The van der Waals surface area contributed by atoms with E-state index in [0.29, 0.717) is 5.82 Å². The van der Waals surface area contributed by atoms with E-state index in [1.807, 2.05) is 24.0 Å². The van der Waals surface area contributed by atoms with Gasteiger partial charge in [0, 0.05) is 12.7 Å². The van der Waals surface area contributed by atoms with Crippen molar-refractivity contribution < 1.29 is 0 Å². The molecule has 0 aliphatic rings. The Hall–Kier alpha value is -1.69. The minimum Gasteiger partial charge on any atom is -0.321 e. The first-order valence-corrected chi connectivity index (χ1v) is 4.91. The fourth-order valence-electron chi connectivity index (χ4n) is 1.43. The summed E-state index contributed by atoms with van der Waals surface area (Å²) >= 11 is 0. The zero-order valence-electron chi connectivity index (χ0n) is 8.59. The predicted octanol–water partition coefficient (Wildman–Crippen LogP) is 0.264. The molecule has 0 spiro atoms. The van der Waals surface area contributed by atoms with Gasteiger partial charge in [-0.3, -0.25) is 9.78 Å². The molecule has 0 radical (unpaired) electrons. The van der Waals surface area contributed by atoms with Gasteiger partial charge in [-0.05, 0) is 18.9 Å². The van der Waals surface area contributed by atoms with Crippen molar-refractivity contribution in [3.8, 4) is 0 Å². The number of aryl methyl sites for hydroxylation is 1. The zero-order chi connectivity index (χ0) is 10.7. The Morgan fingerprint density at radius 1 is 1.60 bits per heavy atom. The number of nitrogens with zero attached hydrogens (tertiary/aromatic N) is 4. The molecule has 1 atom stereocenters. The molecule has 2 aromatic rings. The first kappa shape index (κ1) is 9.85. The summed E-state index contributed by atoms with van der Waals surface area (Å²) in [5.74, 6) is 0.708. The molecular weight excluding hydrogens is 192 g/mol. The minimum absolute atomic E-state index is 0.151. The summed E-state index contributed by atoms with van der Waals surface area (Å²) in [6, 6.07) is -0.151. The van der Waals surface area contributed by atoms with Crippen LogP contribution in [0.1, 0.15) is 24.4 Å². The lowest BCUT2D eigenvalue weighted by atomic mass is 10.1. The standard InChI is InChI=1S/C9H14N6/c1-2-15-5-7(4-13-15)3-8(10)9-11-6-12-14-9/h4-6,8H,2-3,10H2,1H3,(H,11,12,14). The normalized spacial score (nSPS) is 12.9. The second-order valence-corrected chi connectivity index (χ2v) is 3.39. The number of aromatic nitrogens is 5. The lowest BCUT2D eigenvalue weighted by Gasteiger charge is -2.05. The molecule has 80 valence electrons. The van der Waals surface area contributed by atoms with Gasteiger partial charge in [-0.15, -0.1) is 0 Å². The van der Waals surface area contributed by atoms with E-state index in [-0.39, 0.29) is 6.04 Å². The molecule has 6 nitrogen and oxygen atoms in total. The van der Waals surface area contributed by atoms with E-state index in [2.05, 4.69) is 20.3 Å². The summed E-state index contributed by atoms with van der Waals surface area (Å²) in [6.45, 7) is 2.92. The Bertz CT molecular complexity index is 404. The van der Waals surface area contributed by atoms with Gasteiger partial charge in [0.25, 0.3) is 0 Å². The SMILES string of the molecule is CCn1cc(CC(N)c2ncn[nH]2)cn1. The summed E-state index contributed by atoms with van der Waals surface area (Å²) in [4.78, 5) is 4.02. The van der Waals surface area contributed by atoms with Crippen LogP contribution in [0.25, 0.3) is 0 Å². The molecule has 2 aromatic heterocycles. The van der Waals surface area contributed by atoms with Crippen molar-refractivity contribution in [2.45, 2.75) is 25.9 Å². The first-order valence-electron chi connectivity index (χ1n) is 4.91. The third-order valence-corrected chi connectivity index (χ3v) is 2.25. The molecule has 0 aromatic carbocycles. The Kier molecular flexibility index (Phi) is 2.77. The lowest BCUT2D eigenvalue weighted by molar-refractivity contribution is 0.652. The van der Waals surface area contributed by atoms with E-state index in [0.717, 1.165) is 18.5 Å². The Balaban J connectivity index is 2.02. The van der Waals surface area contributed by atoms with Crippen LogP contribution in [0.2, 0.25) is 0 Å². The van der Waals surface area contributed by atoms with Crippen LogP contribution in [-0.2, 0) is 13.0 Å². The monoisotopic (exact) mass is 206 g/mol. The van der Waals surface area contributed by atoms with Gasteiger partial charge in [0.05, 0.1) is 12.2 Å². The Morgan fingerprint density at radius 3 is 3.07 bits per heavy atom. The zero-order valence-corrected chi connectivity index (χ0v) is 8.59. The van der Waals surface area contributed by atoms with Crippen LogP contribution >= 0.6 is 0 Å². The summed E-state index contributed by atoms with van der Waals surface area (Å²) in [6.07, 6.45) is 6.01. The van der Waals surface area contributed by atoms with E-state index in [1.165, 1.54) is 6.33 Å². The van der Waals surface area contributed by atoms with Crippen LogP contribution in [-0.4, -0.2) is 25.0 Å². The Labute approximate surface area is 87.5 Å². The average molecular weight is 206 g/mol. The third kappa shape index (κ3) is 2.21. The highest BCUT2D eigenvalue weighted by molar-refractivity contribution is 5.08. The lowest BCUT2D eigenvalue weighted by Crippen LogP contribution is -2.14.